The Morgan fingerprint density at radius 2 is 1.74 bits per heavy atom. The van der Waals surface area contributed by atoms with Crippen LogP contribution >= 0.6 is 0 Å². The molecular formula is C24H27F5N4O. The SMILES string of the molecule is Fc1cccc(-c2cc(C(F)(F)F)c(NC3CC4CN(CC5CCOCC5)CC4C3)nn2)c1F. The summed E-state index contributed by atoms with van der Waals surface area (Å²) in [5.74, 6) is -1.22. The highest BCUT2D eigenvalue weighted by Gasteiger charge is 2.43. The minimum Gasteiger partial charge on any atom is -0.381 e. The fourth-order valence-corrected chi connectivity index (χ4v) is 5.70. The van der Waals surface area contributed by atoms with Crippen LogP contribution in [0.3, 0.4) is 0 Å². The number of aromatic nitrogens is 2. The minimum absolute atomic E-state index is 0.132. The first-order chi connectivity index (χ1) is 16.3. The predicted octanol–water partition coefficient (Wildman–Crippen LogP) is 4.99. The fraction of sp³-hybridized carbons (Fsp3) is 0.583. The Balaban J connectivity index is 1.26. The van der Waals surface area contributed by atoms with Gasteiger partial charge in [0.05, 0.1) is 5.69 Å². The zero-order valence-electron chi connectivity index (χ0n) is 18.6. The van der Waals surface area contributed by atoms with E-state index in [1.165, 1.54) is 12.1 Å². The molecule has 10 heteroatoms. The Kier molecular flexibility index (Phi) is 6.45. The van der Waals surface area contributed by atoms with E-state index in [0.717, 1.165) is 70.7 Å². The van der Waals surface area contributed by atoms with E-state index >= 15 is 0 Å². The topological polar surface area (TPSA) is 50.3 Å². The second-order valence-corrected chi connectivity index (χ2v) is 9.70. The smallest absolute Gasteiger partial charge is 0.381 e. The van der Waals surface area contributed by atoms with E-state index < -0.39 is 23.4 Å². The Hall–Kier alpha value is -2.33. The molecule has 0 bridgehead atoms. The first-order valence-corrected chi connectivity index (χ1v) is 11.7. The van der Waals surface area contributed by atoms with Crippen molar-refractivity contribution in [2.45, 2.75) is 37.9 Å². The third-order valence-corrected chi connectivity index (χ3v) is 7.35. The summed E-state index contributed by atoms with van der Waals surface area (Å²) in [5.41, 5.74) is -1.74. The van der Waals surface area contributed by atoms with Gasteiger partial charge in [-0.1, -0.05) is 6.07 Å². The van der Waals surface area contributed by atoms with Gasteiger partial charge in [0.1, 0.15) is 5.56 Å². The summed E-state index contributed by atoms with van der Waals surface area (Å²) in [4.78, 5) is 2.49. The highest BCUT2D eigenvalue weighted by Crippen LogP contribution is 2.42. The van der Waals surface area contributed by atoms with Crippen LogP contribution in [-0.2, 0) is 10.9 Å². The zero-order chi connectivity index (χ0) is 23.9. The molecule has 2 aliphatic heterocycles. The Bertz CT molecular complexity index is 1010. The van der Waals surface area contributed by atoms with Crippen LogP contribution < -0.4 is 5.32 Å². The van der Waals surface area contributed by atoms with Gasteiger partial charge in [0, 0.05) is 44.5 Å². The monoisotopic (exact) mass is 482 g/mol. The number of benzene rings is 1. The van der Waals surface area contributed by atoms with E-state index in [1.807, 2.05) is 0 Å². The van der Waals surface area contributed by atoms with Crippen molar-refractivity contribution < 1.29 is 26.7 Å². The number of alkyl halides is 3. The largest absolute Gasteiger partial charge is 0.420 e. The molecule has 2 saturated heterocycles. The third kappa shape index (κ3) is 4.88. The number of anilines is 1. The second kappa shape index (κ2) is 9.37. The van der Waals surface area contributed by atoms with E-state index in [-0.39, 0.29) is 23.1 Å². The third-order valence-electron chi connectivity index (χ3n) is 7.35. The van der Waals surface area contributed by atoms with Crippen molar-refractivity contribution in [2.24, 2.45) is 17.8 Å². The standard InChI is InChI=1S/C24H27F5N4O/c25-20-3-1-2-18(22(20)26)21-10-19(24(27,28)29)23(32-31-21)30-17-8-15-12-33(13-16(15)9-17)11-14-4-6-34-7-5-14/h1-3,10,14-17H,4-9,11-13H2,(H,30,32). The van der Waals surface area contributed by atoms with Crippen LogP contribution in [0.2, 0.25) is 0 Å². The summed E-state index contributed by atoms with van der Waals surface area (Å²) >= 11 is 0. The summed E-state index contributed by atoms with van der Waals surface area (Å²) in [5, 5.41) is 10.5. The van der Waals surface area contributed by atoms with Gasteiger partial charge in [-0.3, -0.25) is 0 Å². The number of rotatable bonds is 5. The fourth-order valence-electron chi connectivity index (χ4n) is 5.70. The molecule has 2 aromatic rings. The van der Waals surface area contributed by atoms with Crippen molar-refractivity contribution in [1.29, 1.82) is 0 Å². The molecule has 1 aromatic heterocycles. The van der Waals surface area contributed by atoms with Gasteiger partial charge in [-0.25, -0.2) is 8.78 Å². The van der Waals surface area contributed by atoms with E-state index in [9.17, 15) is 22.0 Å². The highest BCUT2D eigenvalue weighted by atomic mass is 19.4. The molecule has 3 aliphatic rings. The second-order valence-electron chi connectivity index (χ2n) is 9.70. The lowest BCUT2D eigenvalue weighted by Gasteiger charge is -2.28. The minimum atomic E-state index is -4.72. The first kappa shape index (κ1) is 23.4. The molecule has 5 nitrogen and oxygen atoms in total. The van der Waals surface area contributed by atoms with Crippen molar-refractivity contribution in [1.82, 2.24) is 15.1 Å². The molecule has 0 radical (unpaired) electrons. The van der Waals surface area contributed by atoms with Crippen LogP contribution in [0, 0.1) is 29.4 Å². The molecule has 0 amide bonds. The number of hydrogen-bond acceptors (Lipinski definition) is 5. The van der Waals surface area contributed by atoms with Gasteiger partial charge in [0.25, 0.3) is 0 Å². The zero-order valence-corrected chi connectivity index (χ0v) is 18.6. The van der Waals surface area contributed by atoms with Crippen molar-refractivity contribution in [3.05, 3.63) is 41.5 Å². The van der Waals surface area contributed by atoms with Gasteiger partial charge >= 0.3 is 6.18 Å². The normalized spacial score (nSPS) is 26.1. The molecule has 1 saturated carbocycles. The lowest BCUT2D eigenvalue weighted by atomic mass is 10.00. The van der Waals surface area contributed by atoms with Gasteiger partial charge in [0.15, 0.2) is 17.5 Å². The van der Waals surface area contributed by atoms with Gasteiger partial charge in [0.2, 0.25) is 0 Å². The van der Waals surface area contributed by atoms with Gasteiger partial charge in [-0.15, -0.1) is 10.2 Å². The molecule has 1 aliphatic carbocycles. The quantitative estimate of drug-likeness (QED) is 0.609. The van der Waals surface area contributed by atoms with Crippen LogP contribution in [0.15, 0.2) is 24.3 Å². The lowest BCUT2D eigenvalue weighted by Crippen LogP contribution is -2.32. The summed E-state index contributed by atoms with van der Waals surface area (Å²) in [6.07, 6.45) is -0.997. The van der Waals surface area contributed by atoms with Crippen molar-refractivity contribution in [3.63, 3.8) is 0 Å². The van der Waals surface area contributed by atoms with Crippen LogP contribution in [0.4, 0.5) is 27.8 Å². The maximum absolute atomic E-state index is 14.1. The molecule has 1 N–H and O–H groups in total. The van der Waals surface area contributed by atoms with Crippen LogP contribution in [0.25, 0.3) is 11.3 Å². The number of likely N-dealkylation sites (tertiary alicyclic amines) is 1. The number of nitrogens with one attached hydrogen (secondary N) is 1. The number of fused-ring (bicyclic) bond motifs is 1. The Labute approximate surface area is 194 Å². The number of halogens is 5. The van der Waals surface area contributed by atoms with Crippen molar-refractivity contribution >= 4 is 5.82 Å². The Morgan fingerprint density at radius 3 is 2.41 bits per heavy atom. The molecular weight excluding hydrogens is 455 g/mol. The molecule has 2 unspecified atom stereocenters. The van der Waals surface area contributed by atoms with Gasteiger partial charge in [-0.05, 0) is 61.6 Å². The Morgan fingerprint density at radius 1 is 1.03 bits per heavy atom. The molecule has 3 heterocycles. The summed E-state index contributed by atoms with van der Waals surface area (Å²) < 4.78 is 74.5. The van der Waals surface area contributed by atoms with Crippen LogP contribution in [0.5, 0.6) is 0 Å². The van der Waals surface area contributed by atoms with Gasteiger partial charge in [-0.2, -0.15) is 13.2 Å². The maximum atomic E-state index is 14.1. The number of nitrogens with zero attached hydrogens (tertiary/aromatic N) is 3. The molecule has 2 atom stereocenters. The number of hydrogen-bond donors (Lipinski definition) is 1. The molecule has 5 rings (SSSR count). The molecule has 184 valence electrons. The average Bonchev–Trinajstić information content (AvgIpc) is 3.34. The van der Waals surface area contributed by atoms with E-state index in [2.05, 4.69) is 20.4 Å². The molecule has 34 heavy (non-hydrogen) atoms. The molecule has 0 spiro atoms. The summed E-state index contributed by atoms with van der Waals surface area (Å²) in [7, 11) is 0. The molecule has 1 aromatic carbocycles. The summed E-state index contributed by atoms with van der Waals surface area (Å²) in [6.45, 7) is 4.65. The van der Waals surface area contributed by atoms with Gasteiger partial charge < -0.3 is 15.0 Å². The lowest BCUT2D eigenvalue weighted by molar-refractivity contribution is -0.137. The average molecular weight is 482 g/mol. The van der Waals surface area contributed by atoms with Crippen molar-refractivity contribution in [2.75, 3.05) is 38.2 Å². The summed E-state index contributed by atoms with van der Waals surface area (Å²) in [6, 6.07) is 3.90. The van der Waals surface area contributed by atoms with Crippen LogP contribution in [-0.4, -0.2) is 54.0 Å². The van der Waals surface area contributed by atoms with Crippen molar-refractivity contribution in [3.8, 4) is 11.3 Å². The van der Waals surface area contributed by atoms with E-state index in [1.54, 1.807) is 0 Å². The maximum Gasteiger partial charge on any atom is 0.420 e. The predicted molar refractivity (Wildman–Crippen MR) is 116 cm³/mol. The molecule has 3 fully saturated rings. The van der Waals surface area contributed by atoms with E-state index in [4.69, 9.17) is 4.74 Å². The first-order valence-electron chi connectivity index (χ1n) is 11.7. The van der Waals surface area contributed by atoms with E-state index in [0.29, 0.717) is 17.8 Å². The highest BCUT2D eigenvalue weighted by molar-refractivity contribution is 5.63. The van der Waals surface area contributed by atoms with Crippen LogP contribution in [0.1, 0.15) is 31.2 Å². The number of ether oxygens (including phenoxy) is 1.